The highest BCUT2D eigenvalue weighted by Gasteiger charge is 2.48. The summed E-state index contributed by atoms with van der Waals surface area (Å²) in [6.45, 7) is 0. The molecule has 0 radical (unpaired) electrons. The van der Waals surface area contributed by atoms with Crippen molar-refractivity contribution in [2.75, 3.05) is 0 Å². The first kappa shape index (κ1) is 7.53. The van der Waals surface area contributed by atoms with Crippen molar-refractivity contribution in [3.8, 4) is 0 Å². The van der Waals surface area contributed by atoms with Crippen molar-refractivity contribution in [2.45, 2.75) is 31.5 Å². The van der Waals surface area contributed by atoms with E-state index in [-0.39, 0.29) is 12.3 Å². The Morgan fingerprint density at radius 1 is 1.27 bits per heavy atom. The number of aliphatic hydroxyl groups is 1. The van der Waals surface area contributed by atoms with Crippen LogP contribution in [0.15, 0.2) is 0 Å². The summed E-state index contributed by atoms with van der Waals surface area (Å²) < 4.78 is 0. The lowest BCUT2D eigenvalue weighted by Crippen LogP contribution is -2.41. The monoisotopic (exact) mass is 156 g/mol. The molecular formula is C8H16N2O. The molecule has 4 atom stereocenters. The van der Waals surface area contributed by atoms with Gasteiger partial charge in [-0.05, 0) is 37.0 Å². The zero-order valence-electron chi connectivity index (χ0n) is 6.61. The van der Waals surface area contributed by atoms with E-state index in [1.165, 1.54) is 6.42 Å². The maximum Gasteiger partial charge on any atom is 0.0600 e. The molecule has 2 bridgehead atoms. The van der Waals surface area contributed by atoms with Gasteiger partial charge in [-0.25, -0.2) is 0 Å². The van der Waals surface area contributed by atoms with Crippen LogP contribution in [0.1, 0.15) is 19.3 Å². The van der Waals surface area contributed by atoms with E-state index >= 15 is 0 Å². The Morgan fingerprint density at radius 2 is 2.00 bits per heavy atom. The predicted molar refractivity (Wildman–Crippen MR) is 42.5 cm³/mol. The third kappa shape index (κ3) is 0.991. The molecular weight excluding hydrogens is 140 g/mol. The number of hydrogen-bond acceptors (Lipinski definition) is 3. The van der Waals surface area contributed by atoms with E-state index in [9.17, 15) is 5.11 Å². The Bertz CT molecular complexity index is 160. The summed E-state index contributed by atoms with van der Waals surface area (Å²) in [6.07, 6.45) is 3.02. The zero-order valence-corrected chi connectivity index (χ0v) is 6.61. The average molecular weight is 156 g/mol. The minimum absolute atomic E-state index is 0.102. The third-order valence-electron chi connectivity index (χ3n) is 3.41. The molecule has 11 heavy (non-hydrogen) atoms. The number of fused-ring (bicyclic) bond motifs is 2. The molecule has 0 aromatic carbocycles. The van der Waals surface area contributed by atoms with E-state index in [0.717, 1.165) is 12.8 Å². The number of nitrogens with two attached hydrogens (primary N) is 2. The summed E-state index contributed by atoms with van der Waals surface area (Å²) in [6, 6.07) is 0. The molecule has 0 spiro atoms. The maximum atomic E-state index is 9.64. The second-order valence-electron chi connectivity index (χ2n) is 3.97. The van der Waals surface area contributed by atoms with Crippen molar-refractivity contribution in [3.05, 3.63) is 0 Å². The molecule has 3 heteroatoms. The Morgan fingerprint density at radius 3 is 2.27 bits per heavy atom. The Labute approximate surface area is 66.8 Å². The van der Waals surface area contributed by atoms with Crippen molar-refractivity contribution in [2.24, 2.45) is 29.2 Å². The number of rotatable bonds is 1. The summed E-state index contributed by atoms with van der Waals surface area (Å²) >= 11 is 0. The summed E-state index contributed by atoms with van der Waals surface area (Å²) in [5.74, 6) is 1.28. The second-order valence-corrected chi connectivity index (χ2v) is 3.97. The topological polar surface area (TPSA) is 72.3 Å². The first-order valence-corrected chi connectivity index (χ1v) is 4.39. The molecule has 2 aliphatic rings. The smallest absolute Gasteiger partial charge is 0.0600 e. The van der Waals surface area contributed by atoms with Gasteiger partial charge in [-0.1, -0.05) is 0 Å². The lowest BCUT2D eigenvalue weighted by atomic mass is 9.87. The summed E-state index contributed by atoms with van der Waals surface area (Å²) in [4.78, 5) is 0. The maximum absolute atomic E-state index is 9.64. The fourth-order valence-electron chi connectivity index (χ4n) is 2.79. The normalized spacial score (nSPS) is 49.1. The van der Waals surface area contributed by atoms with Gasteiger partial charge in [-0.15, -0.1) is 0 Å². The third-order valence-corrected chi connectivity index (χ3v) is 3.41. The van der Waals surface area contributed by atoms with Crippen LogP contribution >= 0.6 is 0 Å². The summed E-state index contributed by atoms with van der Waals surface area (Å²) in [5, 5.41) is 9.64. The summed E-state index contributed by atoms with van der Waals surface area (Å²) in [5.41, 5.74) is 11.2. The molecule has 2 rings (SSSR count). The standard InChI is InChI=1S/C8H16N2O/c9-8(10)6-3-4-1-2-5(6)7(4)11/h4-8,11H,1-3,9-10H2. The van der Waals surface area contributed by atoms with Crippen LogP contribution in [-0.2, 0) is 0 Å². The molecule has 0 heterocycles. The molecule has 0 amide bonds. The Kier molecular flexibility index (Phi) is 1.67. The van der Waals surface area contributed by atoms with Crippen molar-refractivity contribution in [3.63, 3.8) is 0 Å². The highest BCUT2D eigenvalue weighted by atomic mass is 16.3. The van der Waals surface area contributed by atoms with Gasteiger partial charge in [0, 0.05) is 0 Å². The molecule has 2 aliphatic carbocycles. The summed E-state index contributed by atoms with van der Waals surface area (Å²) in [7, 11) is 0. The van der Waals surface area contributed by atoms with Crippen molar-refractivity contribution < 1.29 is 5.11 Å². The van der Waals surface area contributed by atoms with E-state index < -0.39 is 0 Å². The van der Waals surface area contributed by atoms with E-state index in [1.807, 2.05) is 0 Å². The first-order chi connectivity index (χ1) is 5.20. The second kappa shape index (κ2) is 2.44. The Balaban J connectivity index is 2.09. The quantitative estimate of drug-likeness (QED) is 0.454. The van der Waals surface area contributed by atoms with Gasteiger partial charge in [0.2, 0.25) is 0 Å². The van der Waals surface area contributed by atoms with Crippen molar-refractivity contribution in [1.29, 1.82) is 0 Å². The van der Waals surface area contributed by atoms with Crippen LogP contribution < -0.4 is 11.5 Å². The van der Waals surface area contributed by atoms with Crippen LogP contribution in [0.4, 0.5) is 0 Å². The SMILES string of the molecule is NC(N)C1CC2CCC1C2O. The lowest BCUT2D eigenvalue weighted by molar-refractivity contribution is 0.117. The van der Waals surface area contributed by atoms with Gasteiger partial charge < -0.3 is 16.6 Å². The van der Waals surface area contributed by atoms with Crippen LogP contribution in [-0.4, -0.2) is 17.4 Å². The highest BCUT2D eigenvalue weighted by Crippen LogP contribution is 2.48. The van der Waals surface area contributed by atoms with Crippen LogP contribution in [0, 0.1) is 17.8 Å². The van der Waals surface area contributed by atoms with Crippen LogP contribution in [0.25, 0.3) is 0 Å². The highest BCUT2D eigenvalue weighted by molar-refractivity contribution is 4.98. The van der Waals surface area contributed by atoms with Gasteiger partial charge in [-0.3, -0.25) is 0 Å². The molecule has 2 fully saturated rings. The molecule has 2 saturated carbocycles. The minimum Gasteiger partial charge on any atom is -0.393 e. The fourth-order valence-corrected chi connectivity index (χ4v) is 2.79. The van der Waals surface area contributed by atoms with E-state index in [2.05, 4.69) is 0 Å². The molecule has 4 unspecified atom stereocenters. The van der Waals surface area contributed by atoms with E-state index in [4.69, 9.17) is 11.5 Å². The Hall–Kier alpha value is -0.120. The number of aliphatic hydroxyl groups excluding tert-OH is 1. The van der Waals surface area contributed by atoms with Crippen LogP contribution in [0.3, 0.4) is 0 Å². The van der Waals surface area contributed by atoms with Gasteiger partial charge in [0.1, 0.15) is 0 Å². The molecule has 3 nitrogen and oxygen atoms in total. The lowest BCUT2D eigenvalue weighted by Gasteiger charge is -2.24. The molecule has 64 valence electrons. The molecule has 5 N–H and O–H groups in total. The average Bonchev–Trinajstić information content (AvgIpc) is 2.46. The minimum atomic E-state index is -0.222. The predicted octanol–water partition coefficient (Wildman–Crippen LogP) is -0.363. The molecule has 0 saturated heterocycles. The van der Waals surface area contributed by atoms with Gasteiger partial charge in [0.15, 0.2) is 0 Å². The van der Waals surface area contributed by atoms with Crippen LogP contribution in [0.5, 0.6) is 0 Å². The largest absolute Gasteiger partial charge is 0.393 e. The van der Waals surface area contributed by atoms with E-state index in [0.29, 0.717) is 17.8 Å². The van der Waals surface area contributed by atoms with Gasteiger partial charge in [0.05, 0.1) is 12.3 Å². The van der Waals surface area contributed by atoms with E-state index in [1.54, 1.807) is 0 Å². The van der Waals surface area contributed by atoms with Gasteiger partial charge >= 0.3 is 0 Å². The molecule has 0 aromatic rings. The fraction of sp³-hybridized carbons (Fsp3) is 1.00. The molecule has 0 aliphatic heterocycles. The number of hydrogen-bond donors (Lipinski definition) is 3. The van der Waals surface area contributed by atoms with Crippen molar-refractivity contribution >= 4 is 0 Å². The van der Waals surface area contributed by atoms with Crippen molar-refractivity contribution in [1.82, 2.24) is 0 Å². The zero-order chi connectivity index (χ0) is 8.01. The molecule has 0 aromatic heterocycles. The van der Waals surface area contributed by atoms with Gasteiger partial charge in [-0.2, -0.15) is 0 Å². The van der Waals surface area contributed by atoms with Crippen LogP contribution in [0.2, 0.25) is 0 Å². The van der Waals surface area contributed by atoms with Gasteiger partial charge in [0.25, 0.3) is 0 Å². The first-order valence-electron chi connectivity index (χ1n) is 4.39.